The molecule has 1 saturated heterocycles. The molecule has 0 aromatic heterocycles. The average molecular weight is 256 g/mol. The first kappa shape index (κ1) is 15.4. The molecule has 0 spiro atoms. The van der Waals surface area contributed by atoms with Crippen LogP contribution in [-0.4, -0.2) is 67.6 Å². The number of carbonyl (C=O) groups excluding carboxylic acids is 1. The predicted octanol–water partition coefficient (Wildman–Crippen LogP) is -0.132. The van der Waals surface area contributed by atoms with Crippen LogP contribution in [-0.2, 0) is 4.79 Å². The molecular weight excluding hydrogens is 228 g/mol. The summed E-state index contributed by atoms with van der Waals surface area (Å²) in [6.07, 6.45) is 1.88. The van der Waals surface area contributed by atoms with Gasteiger partial charge in [0.25, 0.3) is 0 Å². The van der Waals surface area contributed by atoms with Crippen LogP contribution in [0.15, 0.2) is 0 Å². The lowest BCUT2D eigenvalue weighted by Crippen LogP contribution is -2.64. The highest BCUT2D eigenvalue weighted by Crippen LogP contribution is 2.19. The lowest BCUT2D eigenvalue weighted by molar-refractivity contribution is -0.126. The first-order valence-corrected chi connectivity index (χ1v) is 7.00. The van der Waals surface area contributed by atoms with E-state index in [4.69, 9.17) is 5.73 Å². The minimum absolute atomic E-state index is 0.214. The van der Waals surface area contributed by atoms with Gasteiger partial charge >= 0.3 is 0 Å². The van der Waals surface area contributed by atoms with Crippen molar-refractivity contribution in [2.75, 3.05) is 46.3 Å². The zero-order valence-electron chi connectivity index (χ0n) is 12.0. The van der Waals surface area contributed by atoms with Crippen LogP contribution in [0.2, 0.25) is 0 Å². The van der Waals surface area contributed by atoms with Crippen LogP contribution in [0.1, 0.15) is 26.7 Å². The molecule has 1 unspecified atom stereocenters. The van der Waals surface area contributed by atoms with Crippen LogP contribution < -0.4 is 11.1 Å². The lowest BCUT2D eigenvalue weighted by Gasteiger charge is -2.40. The first-order valence-electron chi connectivity index (χ1n) is 7.00. The van der Waals surface area contributed by atoms with Crippen LogP contribution in [0.25, 0.3) is 0 Å². The van der Waals surface area contributed by atoms with E-state index >= 15 is 0 Å². The Morgan fingerprint density at radius 1 is 1.44 bits per heavy atom. The van der Waals surface area contributed by atoms with Crippen LogP contribution in [0.5, 0.6) is 0 Å². The van der Waals surface area contributed by atoms with E-state index in [1.807, 2.05) is 7.05 Å². The Kier molecular flexibility index (Phi) is 6.05. The standard InChI is InChI=1S/C13H28N4O/c1-4-17(5-2)10-8-15-13(12(14)18)7-6-9-16(3)11-13/h15H,4-11H2,1-3H3,(H2,14,18). The summed E-state index contributed by atoms with van der Waals surface area (Å²) in [4.78, 5) is 16.3. The fourth-order valence-electron chi connectivity index (χ4n) is 2.70. The predicted molar refractivity (Wildman–Crippen MR) is 74.4 cm³/mol. The topological polar surface area (TPSA) is 61.6 Å². The van der Waals surface area contributed by atoms with Crippen molar-refractivity contribution in [3.8, 4) is 0 Å². The molecule has 5 nitrogen and oxygen atoms in total. The van der Waals surface area contributed by atoms with Crippen LogP contribution in [0.4, 0.5) is 0 Å². The molecule has 18 heavy (non-hydrogen) atoms. The van der Waals surface area contributed by atoms with Gasteiger partial charge in [-0.1, -0.05) is 13.8 Å². The normalized spacial score (nSPS) is 25.6. The van der Waals surface area contributed by atoms with Gasteiger partial charge in [-0.2, -0.15) is 0 Å². The summed E-state index contributed by atoms with van der Waals surface area (Å²) in [6, 6.07) is 0. The van der Waals surface area contributed by atoms with Gasteiger partial charge in [0.05, 0.1) is 0 Å². The molecule has 0 aliphatic carbocycles. The van der Waals surface area contributed by atoms with Gasteiger partial charge in [0.2, 0.25) is 5.91 Å². The summed E-state index contributed by atoms with van der Waals surface area (Å²) in [5, 5.41) is 3.41. The fraction of sp³-hybridized carbons (Fsp3) is 0.923. The quantitative estimate of drug-likeness (QED) is 0.666. The summed E-state index contributed by atoms with van der Waals surface area (Å²) >= 11 is 0. The number of nitrogens with zero attached hydrogens (tertiary/aromatic N) is 2. The third-order valence-electron chi connectivity index (χ3n) is 3.94. The Morgan fingerprint density at radius 2 is 2.11 bits per heavy atom. The van der Waals surface area contributed by atoms with E-state index in [1.54, 1.807) is 0 Å². The average Bonchev–Trinajstić information content (AvgIpc) is 2.34. The van der Waals surface area contributed by atoms with Crippen LogP contribution >= 0.6 is 0 Å². The molecule has 3 N–H and O–H groups in total. The summed E-state index contributed by atoms with van der Waals surface area (Å²) < 4.78 is 0. The van der Waals surface area contributed by atoms with Crippen molar-refractivity contribution in [3.63, 3.8) is 0 Å². The number of carbonyl (C=O) groups is 1. The monoisotopic (exact) mass is 256 g/mol. The number of nitrogens with two attached hydrogens (primary N) is 1. The number of rotatable bonds is 7. The molecule has 5 heteroatoms. The van der Waals surface area contributed by atoms with E-state index in [1.165, 1.54) is 0 Å². The van der Waals surface area contributed by atoms with Gasteiger partial charge in [-0.15, -0.1) is 0 Å². The second kappa shape index (κ2) is 7.07. The Morgan fingerprint density at radius 3 is 2.61 bits per heavy atom. The van der Waals surface area contributed by atoms with Crippen molar-refractivity contribution in [3.05, 3.63) is 0 Å². The summed E-state index contributed by atoms with van der Waals surface area (Å²) in [6.45, 7) is 9.95. The molecule has 1 amide bonds. The third-order valence-corrected chi connectivity index (χ3v) is 3.94. The van der Waals surface area contributed by atoms with E-state index in [0.717, 1.165) is 52.1 Å². The molecule has 0 aromatic carbocycles. The molecule has 1 aliphatic rings. The van der Waals surface area contributed by atoms with E-state index in [2.05, 4.69) is 29.0 Å². The molecule has 0 radical (unpaired) electrons. The third kappa shape index (κ3) is 3.93. The number of piperidine rings is 1. The SMILES string of the molecule is CCN(CC)CCNC1(C(N)=O)CCCN(C)C1. The van der Waals surface area contributed by atoms with Gasteiger partial charge in [-0.25, -0.2) is 0 Å². The number of primary amides is 1. The highest BCUT2D eigenvalue weighted by atomic mass is 16.1. The Bertz CT molecular complexity index is 268. The summed E-state index contributed by atoms with van der Waals surface area (Å²) in [5.41, 5.74) is 5.08. The molecular formula is C13H28N4O. The maximum Gasteiger partial charge on any atom is 0.239 e. The van der Waals surface area contributed by atoms with Crippen molar-refractivity contribution in [1.29, 1.82) is 0 Å². The minimum atomic E-state index is -0.528. The van der Waals surface area contributed by atoms with Gasteiger partial charge in [-0.05, 0) is 39.5 Å². The zero-order chi connectivity index (χ0) is 13.6. The molecule has 1 atom stereocenters. The number of hydrogen-bond acceptors (Lipinski definition) is 4. The molecule has 1 heterocycles. The Balaban J connectivity index is 2.50. The van der Waals surface area contributed by atoms with Crippen molar-refractivity contribution in [2.24, 2.45) is 5.73 Å². The number of amides is 1. The van der Waals surface area contributed by atoms with E-state index < -0.39 is 5.54 Å². The van der Waals surface area contributed by atoms with E-state index in [0.29, 0.717) is 0 Å². The van der Waals surface area contributed by atoms with Gasteiger partial charge in [0, 0.05) is 19.6 Å². The van der Waals surface area contributed by atoms with Crippen LogP contribution in [0.3, 0.4) is 0 Å². The molecule has 0 bridgehead atoms. The van der Waals surface area contributed by atoms with Crippen LogP contribution in [0, 0.1) is 0 Å². The fourth-order valence-corrected chi connectivity index (χ4v) is 2.70. The number of likely N-dealkylation sites (N-methyl/N-ethyl adjacent to an activating group) is 2. The van der Waals surface area contributed by atoms with Crippen molar-refractivity contribution >= 4 is 5.91 Å². The van der Waals surface area contributed by atoms with E-state index in [-0.39, 0.29) is 5.91 Å². The van der Waals surface area contributed by atoms with Gasteiger partial charge in [-0.3, -0.25) is 4.79 Å². The molecule has 1 fully saturated rings. The lowest BCUT2D eigenvalue weighted by atomic mass is 9.88. The van der Waals surface area contributed by atoms with Gasteiger partial charge in [0.15, 0.2) is 0 Å². The Labute approximate surface area is 111 Å². The van der Waals surface area contributed by atoms with Gasteiger partial charge in [0.1, 0.15) is 5.54 Å². The molecule has 1 rings (SSSR count). The Hall–Kier alpha value is -0.650. The van der Waals surface area contributed by atoms with Crippen molar-refractivity contribution in [2.45, 2.75) is 32.2 Å². The first-order chi connectivity index (χ1) is 8.54. The second-order valence-corrected chi connectivity index (χ2v) is 5.24. The maximum atomic E-state index is 11.8. The zero-order valence-corrected chi connectivity index (χ0v) is 12.0. The smallest absolute Gasteiger partial charge is 0.239 e. The minimum Gasteiger partial charge on any atom is -0.368 e. The molecule has 106 valence electrons. The largest absolute Gasteiger partial charge is 0.368 e. The summed E-state index contributed by atoms with van der Waals surface area (Å²) in [7, 11) is 2.04. The number of nitrogens with one attached hydrogen (secondary N) is 1. The molecule has 0 aromatic rings. The highest BCUT2D eigenvalue weighted by molar-refractivity contribution is 5.85. The number of likely N-dealkylation sites (tertiary alicyclic amines) is 1. The van der Waals surface area contributed by atoms with Gasteiger partial charge < -0.3 is 20.9 Å². The molecule has 0 saturated carbocycles. The summed E-state index contributed by atoms with van der Waals surface area (Å²) in [5.74, 6) is -0.214. The van der Waals surface area contributed by atoms with Crippen molar-refractivity contribution in [1.82, 2.24) is 15.1 Å². The highest BCUT2D eigenvalue weighted by Gasteiger charge is 2.39. The number of hydrogen-bond donors (Lipinski definition) is 2. The van der Waals surface area contributed by atoms with Crippen molar-refractivity contribution < 1.29 is 4.79 Å². The maximum absolute atomic E-state index is 11.8. The van der Waals surface area contributed by atoms with E-state index in [9.17, 15) is 4.79 Å². The molecule has 1 aliphatic heterocycles. The second-order valence-electron chi connectivity index (χ2n) is 5.24.